The molecule has 5 heavy (non-hydrogen) atoms. The predicted octanol–water partition coefficient (Wildman–Crippen LogP) is 2.70. The summed E-state index contributed by atoms with van der Waals surface area (Å²) in [6.45, 7) is 0. The van der Waals surface area contributed by atoms with Crippen molar-refractivity contribution >= 4 is 25.8 Å². The normalized spacial score (nSPS) is 7.20. The number of halogens is 4. The van der Waals surface area contributed by atoms with Crippen LogP contribution in [-0.4, -0.2) is 0 Å². The van der Waals surface area contributed by atoms with Gasteiger partial charge in [-0.2, -0.15) is 12.6 Å². The van der Waals surface area contributed by atoms with E-state index in [2.05, 4.69) is 0 Å². The van der Waals surface area contributed by atoms with Crippen LogP contribution in [0.2, 0.25) is 0 Å². The van der Waals surface area contributed by atoms with E-state index in [0.29, 0.717) is 0 Å². The van der Waals surface area contributed by atoms with E-state index in [9.17, 15) is 12.6 Å². The second-order valence-corrected chi connectivity index (χ2v) is 0.575. The molecule has 5 heteroatoms. The van der Waals surface area contributed by atoms with Gasteiger partial charge < -0.3 is 0 Å². The van der Waals surface area contributed by atoms with Crippen LogP contribution in [0, 0.1) is 0 Å². The van der Waals surface area contributed by atoms with Crippen molar-refractivity contribution < 1.29 is 12.6 Å². The van der Waals surface area contributed by atoms with Gasteiger partial charge in [-0.05, 0) is 0 Å². The highest BCUT2D eigenvalue weighted by Gasteiger charge is 1.91. The minimum absolute atomic E-state index is 0. The summed E-state index contributed by atoms with van der Waals surface area (Å²) < 4.78 is 29.2. The zero-order chi connectivity index (χ0) is 3.58. The summed E-state index contributed by atoms with van der Waals surface area (Å²) in [5.74, 6) is 0. The minimum atomic E-state index is -4.12. The fourth-order valence-electron chi connectivity index (χ4n) is 0. The van der Waals surface area contributed by atoms with Gasteiger partial charge in [0.15, 0.2) is 0 Å². The van der Waals surface area contributed by atoms with Gasteiger partial charge in [0, 0.05) is 0 Å². The molecule has 0 radical (unpaired) electrons. The summed E-state index contributed by atoms with van der Waals surface area (Å²) in [6, 6.07) is 0. The first-order chi connectivity index (χ1) is 1.73. The molecule has 0 heterocycles. The van der Waals surface area contributed by atoms with Crippen LogP contribution >= 0.6 is 25.8 Å². The van der Waals surface area contributed by atoms with Crippen molar-refractivity contribution in [1.29, 1.82) is 0 Å². The fraction of sp³-hybridized carbons (Fsp3) is 0. The van der Waals surface area contributed by atoms with Crippen molar-refractivity contribution in [3.8, 4) is 0 Å². The highest BCUT2D eigenvalue weighted by Crippen LogP contribution is 2.39. The molecule has 0 aromatic heterocycles. The van der Waals surface area contributed by atoms with Gasteiger partial charge in [-0.1, -0.05) is 0 Å². The molecule has 0 aliphatic carbocycles. The van der Waals surface area contributed by atoms with Crippen molar-refractivity contribution in [3.05, 3.63) is 0 Å². The van der Waals surface area contributed by atoms with Crippen LogP contribution in [0.1, 0.15) is 0 Å². The van der Waals surface area contributed by atoms with E-state index in [4.69, 9.17) is 0 Å². The van der Waals surface area contributed by atoms with E-state index in [1.807, 2.05) is 0 Å². The monoisotopic (exact) mass is 168 g/mol. The fourth-order valence-corrected chi connectivity index (χ4v) is 0. The molecule has 0 bridgehead atoms. The Morgan fingerprint density at radius 3 is 1.00 bits per heavy atom. The molecular formula is HBrF3P. The first-order valence-corrected chi connectivity index (χ1v) is 1.52. The Balaban J connectivity index is 0. The lowest BCUT2D eigenvalue weighted by Crippen LogP contribution is -1.10. The zero-order valence-corrected chi connectivity index (χ0v) is 4.60. The zero-order valence-electron chi connectivity index (χ0n) is 1.99. The molecule has 0 rings (SSSR count). The van der Waals surface area contributed by atoms with Crippen molar-refractivity contribution in [1.82, 2.24) is 0 Å². The Hall–Kier alpha value is 0.700. The number of hydrogen-bond acceptors (Lipinski definition) is 0. The van der Waals surface area contributed by atoms with Gasteiger partial charge in [0.1, 0.15) is 0 Å². The highest BCUT2D eigenvalue weighted by molar-refractivity contribution is 8.93. The van der Waals surface area contributed by atoms with Crippen molar-refractivity contribution in [2.75, 3.05) is 0 Å². The average Bonchev–Trinajstić information content (AvgIpc) is 0.811. The molecule has 0 aromatic carbocycles. The maximum absolute atomic E-state index is 9.73. The van der Waals surface area contributed by atoms with Crippen LogP contribution in [-0.2, 0) is 0 Å². The van der Waals surface area contributed by atoms with E-state index < -0.39 is 8.85 Å². The van der Waals surface area contributed by atoms with Crippen LogP contribution in [0.15, 0.2) is 0 Å². The molecule has 0 N–H and O–H groups in total. The van der Waals surface area contributed by atoms with Crippen molar-refractivity contribution in [3.63, 3.8) is 0 Å². The summed E-state index contributed by atoms with van der Waals surface area (Å²) >= 11 is 0. The second-order valence-electron chi connectivity index (χ2n) is 0.192. The third-order valence-electron chi connectivity index (χ3n) is 0. The van der Waals surface area contributed by atoms with E-state index in [1.54, 1.807) is 0 Å². The summed E-state index contributed by atoms with van der Waals surface area (Å²) in [5.41, 5.74) is 0. The summed E-state index contributed by atoms with van der Waals surface area (Å²) in [5, 5.41) is 0. The van der Waals surface area contributed by atoms with E-state index >= 15 is 0 Å². The predicted molar refractivity (Wildman–Crippen MR) is 20.6 cm³/mol. The molecule has 0 aliphatic heterocycles. The first kappa shape index (κ1) is 9.20. The summed E-state index contributed by atoms with van der Waals surface area (Å²) in [4.78, 5) is 0. The quantitative estimate of drug-likeness (QED) is 0.489. The molecule has 0 aromatic rings. The maximum Gasteiger partial charge on any atom is 0.456 e. The van der Waals surface area contributed by atoms with Gasteiger partial charge in [0.2, 0.25) is 0 Å². The van der Waals surface area contributed by atoms with E-state index in [-0.39, 0.29) is 17.0 Å². The van der Waals surface area contributed by atoms with Gasteiger partial charge in [-0.15, -0.1) is 17.0 Å². The molecule has 0 saturated heterocycles. The molecule has 0 atom stereocenters. The lowest BCUT2D eigenvalue weighted by atomic mass is 18.8. The molecule has 0 spiro atoms. The standard InChI is InChI=1S/BrH.F3P/c;1-4(2)3/h1H;. The van der Waals surface area contributed by atoms with Crippen molar-refractivity contribution in [2.45, 2.75) is 0 Å². The molecular weight excluding hydrogens is 168 g/mol. The largest absolute Gasteiger partial charge is 0.456 e. The van der Waals surface area contributed by atoms with Crippen LogP contribution in [0.5, 0.6) is 0 Å². The minimum Gasteiger partial charge on any atom is -0.152 e. The van der Waals surface area contributed by atoms with Crippen molar-refractivity contribution in [2.24, 2.45) is 0 Å². The molecule has 0 nitrogen and oxygen atoms in total. The van der Waals surface area contributed by atoms with Gasteiger partial charge >= 0.3 is 8.85 Å². The Morgan fingerprint density at radius 1 is 1.00 bits per heavy atom. The van der Waals surface area contributed by atoms with Gasteiger partial charge in [0.05, 0.1) is 0 Å². The molecule has 34 valence electrons. The van der Waals surface area contributed by atoms with Gasteiger partial charge in [-0.3, -0.25) is 0 Å². The lowest BCUT2D eigenvalue weighted by Gasteiger charge is -1.61. The van der Waals surface area contributed by atoms with Gasteiger partial charge in [-0.25, -0.2) is 0 Å². The third kappa shape index (κ3) is 69.9. The Bertz CT molecular complexity index is 11.6. The maximum atomic E-state index is 9.73. The molecule has 0 unspecified atom stereocenters. The Morgan fingerprint density at radius 2 is 1.00 bits per heavy atom. The van der Waals surface area contributed by atoms with Crippen LogP contribution in [0.4, 0.5) is 12.6 Å². The summed E-state index contributed by atoms with van der Waals surface area (Å²) in [7, 11) is -4.12. The van der Waals surface area contributed by atoms with E-state index in [1.165, 1.54) is 0 Å². The molecule has 0 amide bonds. The molecule has 0 saturated carbocycles. The lowest BCUT2D eigenvalue weighted by molar-refractivity contribution is 0.633. The average molecular weight is 169 g/mol. The van der Waals surface area contributed by atoms with Crippen LogP contribution in [0.25, 0.3) is 0 Å². The second kappa shape index (κ2) is 4.70. The molecule has 0 fully saturated rings. The smallest absolute Gasteiger partial charge is 0.152 e. The highest BCUT2D eigenvalue weighted by atomic mass is 79.9. The SMILES string of the molecule is Br.FP(F)F. The topological polar surface area (TPSA) is 0 Å². The van der Waals surface area contributed by atoms with E-state index in [0.717, 1.165) is 0 Å². The molecule has 0 aliphatic rings. The van der Waals surface area contributed by atoms with Gasteiger partial charge in [0.25, 0.3) is 0 Å². The Labute approximate surface area is 39.3 Å². The van der Waals surface area contributed by atoms with Crippen LogP contribution in [0.3, 0.4) is 0 Å². The Kier molecular flexibility index (Phi) is 8.65. The third-order valence-corrected chi connectivity index (χ3v) is 0. The number of hydrogen-bond donors (Lipinski definition) is 0. The first-order valence-electron chi connectivity index (χ1n) is 0.507. The number of rotatable bonds is 0. The summed E-state index contributed by atoms with van der Waals surface area (Å²) in [6.07, 6.45) is 0. The van der Waals surface area contributed by atoms with Crippen LogP contribution < -0.4 is 0 Å².